The molecular formula is C81H136O12P4. The minimum absolute atomic E-state index is 0.0249. The van der Waals surface area contributed by atoms with Crippen LogP contribution in [0.3, 0.4) is 0 Å². The summed E-state index contributed by atoms with van der Waals surface area (Å²) in [5.41, 5.74) is -1.11. The SMILES string of the molecule is CCCCCCCCCCCCCOP(OCC(COP(OCCCCCCCCCCCCC)Oc1ccccc1)(COP(OCCCCCCCCCCCCC)Oc1ccccc1)COP(OCCCCCCCCCCCCC)Oc1ccccc1)Oc1ccccc1. The van der Waals surface area contributed by atoms with Crippen molar-refractivity contribution in [1.29, 1.82) is 0 Å². The molecule has 0 N–H and O–H groups in total. The van der Waals surface area contributed by atoms with E-state index in [2.05, 4.69) is 27.7 Å². The minimum Gasteiger partial charge on any atom is -0.427 e. The highest BCUT2D eigenvalue weighted by Crippen LogP contribution is 2.50. The van der Waals surface area contributed by atoms with Gasteiger partial charge in [0, 0.05) is 0 Å². The summed E-state index contributed by atoms with van der Waals surface area (Å²) in [4.78, 5) is 0. The largest absolute Gasteiger partial charge is 0.427 e. The maximum Gasteiger partial charge on any atom is 0.397 e. The molecule has 0 heterocycles. The molecule has 0 bridgehead atoms. The van der Waals surface area contributed by atoms with Gasteiger partial charge in [-0.1, -0.05) is 357 Å². The lowest BCUT2D eigenvalue weighted by molar-refractivity contribution is -0.0185. The second kappa shape index (κ2) is 64.3. The quantitative estimate of drug-likeness (QED) is 0.0310. The molecule has 0 aliphatic carbocycles. The van der Waals surface area contributed by atoms with Gasteiger partial charge in [0.2, 0.25) is 0 Å². The molecule has 0 aliphatic rings. The zero-order valence-electron chi connectivity index (χ0n) is 61.5. The lowest BCUT2D eigenvalue weighted by Crippen LogP contribution is -2.40. The molecular weight excluding hydrogens is 1290 g/mol. The van der Waals surface area contributed by atoms with Crippen LogP contribution in [0.1, 0.15) is 310 Å². The van der Waals surface area contributed by atoms with Crippen molar-refractivity contribution in [2.45, 2.75) is 310 Å². The van der Waals surface area contributed by atoms with Gasteiger partial charge in [-0.2, -0.15) is 0 Å². The fraction of sp³-hybridized carbons (Fsp3) is 0.704. The highest BCUT2D eigenvalue weighted by molar-refractivity contribution is 7.43. The van der Waals surface area contributed by atoms with Gasteiger partial charge in [-0.15, -0.1) is 0 Å². The van der Waals surface area contributed by atoms with Crippen LogP contribution in [-0.4, -0.2) is 52.9 Å². The third-order valence-electron chi connectivity index (χ3n) is 17.4. The smallest absolute Gasteiger partial charge is 0.397 e. The molecule has 4 unspecified atom stereocenters. The number of hydrogen-bond acceptors (Lipinski definition) is 12. The molecule has 0 radical (unpaired) electrons. The van der Waals surface area contributed by atoms with Crippen LogP contribution in [0.4, 0.5) is 0 Å². The normalized spacial score (nSPS) is 13.5. The fourth-order valence-corrected chi connectivity index (χ4v) is 15.8. The van der Waals surface area contributed by atoms with Crippen LogP contribution in [0, 0.1) is 5.41 Å². The highest BCUT2D eigenvalue weighted by atomic mass is 31.2. The van der Waals surface area contributed by atoms with E-state index in [9.17, 15) is 0 Å². The standard InChI is InChI=1S/C81H136O12P4/c1-5-9-13-17-21-25-29-33-37-41-57-69-82-94(90-77-61-49-45-50-62-77)86-73-81(74-87-95(91-78-63-51-46-52-64-78)83-70-58-42-38-34-30-26-22-18-14-10-6-2,75-88-96(92-79-65-53-47-54-66-79)84-71-59-43-39-35-31-27-23-19-15-11-7-3)76-89-97(93-80-67-55-48-56-68-80)85-72-60-44-40-36-32-28-24-20-16-12-8-4/h45-56,61-68H,5-44,57-60,69-76H2,1-4H3. The topological polar surface area (TPSA) is 111 Å². The van der Waals surface area contributed by atoms with Crippen molar-refractivity contribution in [3.05, 3.63) is 121 Å². The second-order valence-electron chi connectivity index (χ2n) is 26.6. The number of benzene rings is 4. The Bertz CT molecular complexity index is 1930. The first-order valence-corrected chi connectivity index (χ1v) is 43.6. The molecule has 12 nitrogen and oxygen atoms in total. The lowest BCUT2D eigenvalue weighted by atomic mass is 9.93. The molecule has 0 saturated carbocycles. The van der Waals surface area contributed by atoms with Gasteiger partial charge in [0.25, 0.3) is 0 Å². The average molecular weight is 1430 g/mol. The van der Waals surface area contributed by atoms with Gasteiger partial charge in [0.05, 0.1) is 58.3 Å². The fourth-order valence-electron chi connectivity index (χ4n) is 11.3. The molecule has 4 aromatic rings. The van der Waals surface area contributed by atoms with Crippen molar-refractivity contribution in [3.8, 4) is 23.0 Å². The predicted octanol–water partition coefficient (Wildman–Crippen LogP) is 28.6. The predicted molar refractivity (Wildman–Crippen MR) is 412 cm³/mol. The summed E-state index contributed by atoms with van der Waals surface area (Å²) < 4.78 is 81.6. The van der Waals surface area contributed by atoms with Crippen molar-refractivity contribution in [1.82, 2.24) is 0 Å². The summed E-state index contributed by atoms with van der Waals surface area (Å²) in [5.74, 6) is 2.62. The zero-order valence-corrected chi connectivity index (χ0v) is 65.1. The number of unbranched alkanes of at least 4 members (excludes halogenated alkanes) is 40. The van der Waals surface area contributed by atoms with Gasteiger partial charge >= 0.3 is 34.4 Å². The average Bonchev–Trinajstić information content (AvgIpc) is 0.946. The molecule has 552 valence electrons. The van der Waals surface area contributed by atoms with E-state index in [0.29, 0.717) is 49.4 Å². The van der Waals surface area contributed by atoms with Crippen molar-refractivity contribution >= 4 is 34.4 Å². The number of hydrogen-bond donors (Lipinski definition) is 0. The van der Waals surface area contributed by atoms with E-state index in [-0.39, 0.29) is 26.4 Å². The van der Waals surface area contributed by atoms with Crippen molar-refractivity contribution in [2.24, 2.45) is 5.41 Å². The Kier molecular flexibility index (Phi) is 57.6. The molecule has 0 spiro atoms. The minimum atomic E-state index is -1.95. The van der Waals surface area contributed by atoms with Crippen molar-refractivity contribution in [2.75, 3.05) is 52.9 Å². The Labute approximate surface area is 598 Å². The van der Waals surface area contributed by atoms with Gasteiger partial charge in [0.15, 0.2) is 0 Å². The van der Waals surface area contributed by atoms with Gasteiger partial charge < -0.3 is 54.3 Å². The van der Waals surface area contributed by atoms with Crippen molar-refractivity contribution in [3.63, 3.8) is 0 Å². The zero-order chi connectivity index (χ0) is 68.5. The van der Waals surface area contributed by atoms with E-state index in [0.717, 1.165) is 51.4 Å². The Balaban J connectivity index is 1.66. The van der Waals surface area contributed by atoms with Crippen LogP contribution in [0.25, 0.3) is 0 Å². The van der Waals surface area contributed by atoms with Gasteiger partial charge in [0.1, 0.15) is 23.0 Å². The molecule has 0 amide bonds. The maximum absolute atomic E-state index is 7.05. The first-order valence-electron chi connectivity index (χ1n) is 39.2. The molecule has 16 heteroatoms. The molecule has 0 aliphatic heterocycles. The van der Waals surface area contributed by atoms with E-state index >= 15 is 0 Å². The first kappa shape index (κ1) is 86.9. The summed E-state index contributed by atoms with van der Waals surface area (Å²) in [6, 6.07) is 39.2. The highest BCUT2D eigenvalue weighted by Gasteiger charge is 2.40. The first-order chi connectivity index (χ1) is 48.0. The maximum atomic E-state index is 7.05. The van der Waals surface area contributed by atoms with Crippen LogP contribution in [0.2, 0.25) is 0 Å². The number of rotatable bonds is 72. The van der Waals surface area contributed by atoms with Gasteiger partial charge in [-0.3, -0.25) is 0 Å². The molecule has 4 rings (SSSR count). The van der Waals surface area contributed by atoms with Crippen LogP contribution < -0.4 is 18.1 Å². The molecule has 0 saturated heterocycles. The van der Waals surface area contributed by atoms with Gasteiger partial charge in [-0.25, -0.2) is 0 Å². The van der Waals surface area contributed by atoms with Crippen LogP contribution >= 0.6 is 34.4 Å². The van der Waals surface area contributed by atoms with Crippen molar-refractivity contribution < 1.29 is 54.3 Å². The molecule has 4 aromatic carbocycles. The Morgan fingerprint density at radius 3 is 0.515 bits per heavy atom. The summed E-state index contributed by atoms with van der Waals surface area (Å²) in [7, 11) is -7.78. The van der Waals surface area contributed by atoms with Crippen LogP contribution in [-0.2, 0) is 36.2 Å². The Morgan fingerprint density at radius 1 is 0.196 bits per heavy atom. The molecule has 97 heavy (non-hydrogen) atoms. The molecule has 0 fully saturated rings. The van der Waals surface area contributed by atoms with E-state index in [1.165, 1.54) is 231 Å². The van der Waals surface area contributed by atoms with Gasteiger partial charge in [-0.05, 0) is 74.2 Å². The summed E-state index contributed by atoms with van der Waals surface area (Å²) in [5, 5.41) is 0. The summed E-state index contributed by atoms with van der Waals surface area (Å²) in [6.45, 7) is 11.2. The lowest BCUT2D eigenvalue weighted by Gasteiger charge is -2.35. The molecule has 4 atom stereocenters. The van der Waals surface area contributed by atoms with E-state index in [1.54, 1.807) is 0 Å². The van der Waals surface area contributed by atoms with E-state index in [4.69, 9.17) is 54.3 Å². The Morgan fingerprint density at radius 2 is 0.351 bits per heavy atom. The van der Waals surface area contributed by atoms with E-state index < -0.39 is 39.8 Å². The third kappa shape index (κ3) is 49.7. The van der Waals surface area contributed by atoms with Crippen LogP contribution in [0.5, 0.6) is 23.0 Å². The number of para-hydroxylation sites is 4. The Hall–Kier alpha value is -2.52. The van der Waals surface area contributed by atoms with E-state index in [1.807, 2.05) is 121 Å². The summed E-state index contributed by atoms with van der Waals surface area (Å²) >= 11 is 0. The second-order valence-corrected chi connectivity index (χ2v) is 31.2. The summed E-state index contributed by atoms with van der Waals surface area (Å²) in [6.07, 6.45) is 54.5. The molecule has 0 aromatic heterocycles. The third-order valence-corrected chi connectivity index (χ3v) is 21.7. The van der Waals surface area contributed by atoms with Crippen LogP contribution in [0.15, 0.2) is 121 Å². The monoisotopic (exact) mass is 1420 g/mol.